The summed E-state index contributed by atoms with van der Waals surface area (Å²) in [7, 11) is 0. The molecule has 0 radical (unpaired) electrons. The van der Waals surface area contributed by atoms with E-state index in [9.17, 15) is 4.79 Å². The Morgan fingerprint density at radius 1 is 1.14 bits per heavy atom. The standard InChI is InChI=1S/C16H14Cl2N2O/c17-12-4-1-5-13(18)15(12)16(21)20-11-7-6-10-3-2-8-19-14(10)9-11/h1,4-7,9,19H,2-3,8H2,(H,20,21). The largest absolute Gasteiger partial charge is 0.385 e. The maximum absolute atomic E-state index is 12.3. The van der Waals surface area contributed by atoms with Crippen LogP contribution in [0.1, 0.15) is 22.3 Å². The topological polar surface area (TPSA) is 41.1 Å². The summed E-state index contributed by atoms with van der Waals surface area (Å²) in [5.41, 5.74) is 3.37. The van der Waals surface area contributed by atoms with Crippen molar-refractivity contribution in [3.8, 4) is 0 Å². The quantitative estimate of drug-likeness (QED) is 0.848. The maximum atomic E-state index is 12.3. The van der Waals surface area contributed by atoms with E-state index in [0.29, 0.717) is 15.6 Å². The van der Waals surface area contributed by atoms with Gasteiger partial charge in [-0.15, -0.1) is 0 Å². The van der Waals surface area contributed by atoms with E-state index in [0.717, 1.165) is 30.8 Å². The molecule has 2 aromatic carbocycles. The van der Waals surface area contributed by atoms with Crippen molar-refractivity contribution >= 4 is 40.5 Å². The molecule has 0 spiro atoms. The van der Waals surface area contributed by atoms with Crippen LogP contribution in [0, 0.1) is 0 Å². The normalized spacial score (nSPS) is 13.2. The van der Waals surface area contributed by atoms with E-state index in [1.165, 1.54) is 5.56 Å². The first kappa shape index (κ1) is 14.2. The zero-order valence-corrected chi connectivity index (χ0v) is 12.8. The van der Waals surface area contributed by atoms with Crippen molar-refractivity contribution in [3.05, 3.63) is 57.6 Å². The summed E-state index contributed by atoms with van der Waals surface area (Å²) in [5, 5.41) is 6.86. The lowest BCUT2D eigenvalue weighted by Gasteiger charge is -2.19. The first-order valence-corrected chi connectivity index (χ1v) is 7.53. The Bertz CT molecular complexity index is 680. The molecule has 1 heterocycles. The fourth-order valence-corrected chi connectivity index (χ4v) is 3.02. The van der Waals surface area contributed by atoms with E-state index in [4.69, 9.17) is 23.2 Å². The number of carbonyl (C=O) groups excluding carboxylic acids is 1. The van der Waals surface area contributed by atoms with E-state index in [1.807, 2.05) is 18.2 Å². The number of halogens is 2. The molecule has 1 amide bonds. The van der Waals surface area contributed by atoms with Crippen LogP contribution in [0.2, 0.25) is 10.0 Å². The van der Waals surface area contributed by atoms with E-state index in [2.05, 4.69) is 10.6 Å². The van der Waals surface area contributed by atoms with Crippen LogP contribution in [0.5, 0.6) is 0 Å². The number of hydrogen-bond donors (Lipinski definition) is 2. The Morgan fingerprint density at radius 2 is 1.90 bits per heavy atom. The first-order valence-electron chi connectivity index (χ1n) is 6.77. The van der Waals surface area contributed by atoms with Crippen molar-refractivity contribution in [1.29, 1.82) is 0 Å². The van der Waals surface area contributed by atoms with Gasteiger partial charge in [0.1, 0.15) is 0 Å². The number of fused-ring (bicyclic) bond motifs is 1. The number of benzene rings is 2. The van der Waals surface area contributed by atoms with Gasteiger partial charge < -0.3 is 10.6 Å². The second-order valence-corrected chi connectivity index (χ2v) is 5.77. The Kier molecular flexibility index (Phi) is 4.04. The molecule has 1 aliphatic heterocycles. The van der Waals surface area contributed by atoms with E-state index in [-0.39, 0.29) is 5.91 Å². The number of nitrogens with one attached hydrogen (secondary N) is 2. The number of hydrogen-bond acceptors (Lipinski definition) is 2. The summed E-state index contributed by atoms with van der Waals surface area (Å²) in [6.07, 6.45) is 2.20. The van der Waals surface area contributed by atoms with Gasteiger partial charge in [-0.1, -0.05) is 35.3 Å². The van der Waals surface area contributed by atoms with Crippen molar-refractivity contribution in [2.45, 2.75) is 12.8 Å². The average molecular weight is 321 g/mol. The van der Waals surface area contributed by atoms with Gasteiger partial charge in [0.25, 0.3) is 5.91 Å². The molecule has 0 aliphatic carbocycles. The smallest absolute Gasteiger partial charge is 0.258 e. The van der Waals surface area contributed by atoms with E-state index >= 15 is 0 Å². The van der Waals surface area contributed by atoms with Crippen LogP contribution in [0.3, 0.4) is 0 Å². The van der Waals surface area contributed by atoms with Crippen molar-refractivity contribution in [3.63, 3.8) is 0 Å². The van der Waals surface area contributed by atoms with E-state index < -0.39 is 0 Å². The zero-order chi connectivity index (χ0) is 14.8. The lowest BCUT2D eigenvalue weighted by atomic mass is 10.0. The Morgan fingerprint density at radius 3 is 2.67 bits per heavy atom. The predicted molar refractivity (Wildman–Crippen MR) is 87.7 cm³/mol. The third-order valence-electron chi connectivity index (χ3n) is 3.50. The molecular weight excluding hydrogens is 307 g/mol. The fourth-order valence-electron chi connectivity index (χ4n) is 2.45. The van der Waals surface area contributed by atoms with Crippen LogP contribution in [0.25, 0.3) is 0 Å². The predicted octanol–water partition coefficient (Wildman–Crippen LogP) is 4.60. The van der Waals surface area contributed by atoms with Gasteiger partial charge in [0.15, 0.2) is 0 Å². The van der Waals surface area contributed by atoms with Crippen molar-refractivity contribution in [2.24, 2.45) is 0 Å². The molecule has 21 heavy (non-hydrogen) atoms. The molecule has 1 aliphatic rings. The van der Waals surface area contributed by atoms with Gasteiger partial charge in [-0.3, -0.25) is 4.79 Å². The molecule has 2 aromatic rings. The molecule has 3 rings (SSSR count). The molecule has 0 saturated heterocycles. The molecular formula is C16H14Cl2N2O. The second kappa shape index (κ2) is 5.96. The van der Waals surface area contributed by atoms with Crippen LogP contribution < -0.4 is 10.6 Å². The highest BCUT2D eigenvalue weighted by Crippen LogP contribution is 2.28. The zero-order valence-electron chi connectivity index (χ0n) is 11.2. The minimum absolute atomic E-state index is 0.298. The maximum Gasteiger partial charge on any atom is 0.258 e. The number of aryl methyl sites for hydroxylation is 1. The van der Waals surface area contributed by atoms with Crippen LogP contribution in [0.15, 0.2) is 36.4 Å². The third kappa shape index (κ3) is 2.99. The number of anilines is 2. The molecule has 0 atom stereocenters. The van der Waals surface area contributed by atoms with Crippen molar-refractivity contribution in [1.82, 2.24) is 0 Å². The van der Waals surface area contributed by atoms with Gasteiger partial charge in [-0.2, -0.15) is 0 Å². The van der Waals surface area contributed by atoms with Gasteiger partial charge in [-0.05, 0) is 42.7 Å². The summed E-state index contributed by atoms with van der Waals surface area (Å²) in [5.74, 6) is -0.304. The summed E-state index contributed by atoms with van der Waals surface area (Å²) in [6.45, 7) is 0.959. The molecule has 0 saturated carbocycles. The highest BCUT2D eigenvalue weighted by Gasteiger charge is 2.15. The molecule has 0 fully saturated rings. The number of amides is 1. The van der Waals surface area contributed by atoms with Gasteiger partial charge >= 0.3 is 0 Å². The van der Waals surface area contributed by atoms with Crippen molar-refractivity contribution in [2.75, 3.05) is 17.2 Å². The Labute approximate surface area is 133 Å². The average Bonchev–Trinajstić information content (AvgIpc) is 2.47. The summed E-state index contributed by atoms with van der Waals surface area (Å²) >= 11 is 12.1. The SMILES string of the molecule is O=C(Nc1ccc2c(c1)NCCC2)c1c(Cl)cccc1Cl. The van der Waals surface area contributed by atoms with Crippen LogP contribution in [-0.2, 0) is 6.42 Å². The third-order valence-corrected chi connectivity index (χ3v) is 4.13. The first-order chi connectivity index (χ1) is 10.1. The van der Waals surface area contributed by atoms with Gasteiger partial charge in [0.2, 0.25) is 0 Å². The Hall–Kier alpha value is -1.71. The minimum Gasteiger partial charge on any atom is -0.385 e. The minimum atomic E-state index is -0.304. The van der Waals surface area contributed by atoms with Gasteiger partial charge in [0, 0.05) is 17.9 Å². The van der Waals surface area contributed by atoms with Crippen molar-refractivity contribution < 1.29 is 4.79 Å². The number of carbonyl (C=O) groups is 1. The molecule has 3 nitrogen and oxygen atoms in total. The lowest BCUT2D eigenvalue weighted by Crippen LogP contribution is -2.15. The molecule has 2 N–H and O–H groups in total. The van der Waals surface area contributed by atoms with Crippen LogP contribution in [0.4, 0.5) is 11.4 Å². The summed E-state index contributed by atoms with van der Waals surface area (Å²) in [6, 6.07) is 10.9. The Balaban J connectivity index is 1.85. The molecule has 108 valence electrons. The van der Waals surface area contributed by atoms with Crippen LogP contribution in [-0.4, -0.2) is 12.5 Å². The summed E-state index contributed by atoms with van der Waals surface area (Å²) in [4.78, 5) is 12.3. The molecule has 0 unspecified atom stereocenters. The molecule has 0 bridgehead atoms. The number of rotatable bonds is 2. The van der Waals surface area contributed by atoms with E-state index in [1.54, 1.807) is 18.2 Å². The monoisotopic (exact) mass is 320 g/mol. The fraction of sp³-hybridized carbons (Fsp3) is 0.188. The lowest BCUT2D eigenvalue weighted by molar-refractivity contribution is 0.102. The summed E-state index contributed by atoms with van der Waals surface area (Å²) < 4.78 is 0. The molecule has 0 aromatic heterocycles. The van der Waals surface area contributed by atoms with Gasteiger partial charge in [0.05, 0.1) is 15.6 Å². The highest BCUT2D eigenvalue weighted by atomic mass is 35.5. The molecule has 5 heteroatoms. The second-order valence-electron chi connectivity index (χ2n) is 4.95. The van der Waals surface area contributed by atoms with Gasteiger partial charge in [-0.25, -0.2) is 0 Å². The van der Waals surface area contributed by atoms with Crippen LogP contribution >= 0.6 is 23.2 Å². The highest BCUT2D eigenvalue weighted by molar-refractivity contribution is 6.40.